The summed E-state index contributed by atoms with van der Waals surface area (Å²) in [5.41, 5.74) is 3.97. The van der Waals surface area contributed by atoms with Crippen LogP contribution in [0.5, 0.6) is 0 Å². The van der Waals surface area contributed by atoms with Crippen molar-refractivity contribution in [2.24, 2.45) is 0 Å². The van der Waals surface area contributed by atoms with Gasteiger partial charge in [0.15, 0.2) is 17.3 Å². The number of nitrogens with zero attached hydrogens (tertiary/aromatic N) is 5. The van der Waals surface area contributed by atoms with E-state index in [4.69, 9.17) is 34.8 Å². The summed E-state index contributed by atoms with van der Waals surface area (Å²) in [7, 11) is 0. The van der Waals surface area contributed by atoms with E-state index in [2.05, 4.69) is 35.7 Å². The number of imidazole rings is 1. The first-order valence-corrected chi connectivity index (χ1v) is 11.0. The van der Waals surface area contributed by atoms with Gasteiger partial charge in [-0.05, 0) is 31.2 Å². The van der Waals surface area contributed by atoms with E-state index in [9.17, 15) is 9.18 Å². The first-order chi connectivity index (χ1) is 16.3. The Hall–Kier alpha value is -3.47. The summed E-state index contributed by atoms with van der Waals surface area (Å²) < 4.78 is 14.9. The minimum absolute atomic E-state index is 0.0160. The van der Waals surface area contributed by atoms with Crippen LogP contribution in [0.15, 0.2) is 47.8 Å². The van der Waals surface area contributed by atoms with Crippen molar-refractivity contribution >= 4 is 68.4 Å². The van der Waals surface area contributed by atoms with Crippen LogP contribution in [-0.4, -0.2) is 29.6 Å². The summed E-state index contributed by atoms with van der Waals surface area (Å²) in [6, 6.07) is 6.57. The topological polar surface area (TPSA) is 113 Å². The van der Waals surface area contributed by atoms with E-state index >= 15 is 0 Å². The van der Waals surface area contributed by atoms with Crippen LogP contribution in [0.3, 0.4) is 0 Å². The fraction of sp³-hybridized carbons (Fsp3) is 0.0952. The van der Waals surface area contributed by atoms with E-state index in [0.717, 1.165) is 12.1 Å². The summed E-state index contributed by atoms with van der Waals surface area (Å²) in [6.45, 7) is 1.79. The van der Waals surface area contributed by atoms with Crippen molar-refractivity contribution in [3.8, 4) is 0 Å². The minimum atomic E-state index is -0.616. The summed E-state index contributed by atoms with van der Waals surface area (Å²) in [5.74, 6) is 0.109. The Bertz CT molecular complexity index is 1600. The van der Waals surface area contributed by atoms with Crippen LogP contribution in [-0.2, 0) is 0 Å². The number of aromatic nitrogens is 6. The predicted molar refractivity (Wildman–Crippen MR) is 130 cm³/mol. The Morgan fingerprint density at radius 3 is 2.62 bits per heavy atom. The van der Waals surface area contributed by atoms with Crippen molar-refractivity contribution in [3.05, 3.63) is 80.0 Å². The number of nitrogens with one attached hydrogen (secondary N) is 3. The summed E-state index contributed by atoms with van der Waals surface area (Å²) in [5, 5.41) is 3.60. The van der Waals surface area contributed by atoms with Gasteiger partial charge in [0.25, 0.3) is 5.56 Å². The second-order valence-electron chi connectivity index (χ2n) is 7.29. The predicted octanol–water partition coefficient (Wildman–Crippen LogP) is 5.21. The van der Waals surface area contributed by atoms with Crippen molar-refractivity contribution in [2.45, 2.75) is 13.0 Å². The molecule has 0 amide bonds. The molecule has 34 heavy (non-hydrogen) atoms. The fourth-order valence-electron chi connectivity index (χ4n) is 3.51. The molecule has 0 aliphatic rings. The Morgan fingerprint density at radius 1 is 1.09 bits per heavy atom. The maximum atomic E-state index is 13.7. The number of anilines is 2. The molecule has 0 spiro atoms. The molecule has 1 atom stereocenters. The normalized spacial score (nSPS) is 12.3. The lowest BCUT2D eigenvalue weighted by molar-refractivity contribution is 0.628. The van der Waals surface area contributed by atoms with Gasteiger partial charge in [-0.15, -0.1) is 0 Å². The lowest BCUT2D eigenvalue weighted by atomic mass is 10.2. The molecule has 3 aromatic heterocycles. The molecule has 5 rings (SSSR count). The van der Waals surface area contributed by atoms with Crippen molar-refractivity contribution in [3.63, 3.8) is 0 Å². The van der Waals surface area contributed by atoms with Crippen LogP contribution in [0.4, 0.5) is 15.9 Å². The molecule has 2 aromatic carbocycles. The molecule has 0 fully saturated rings. The molecule has 3 heterocycles. The molecule has 1 unspecified atom stereocenters. The quantitative estimate of drug-likeness (QED) is 0.292. The Labute approximate surface area is 205 Å². The molecule has 0 saturated carbocycles. The molecule has 5 aromatic rings. The van der Waals surface area contributed by atoms with Crippen LogP contribution in [0, 0.1) is 5.82 Å². The first-order valence-electron chi connectivity index (χ1n) is 9.87. The molecule has 0 aliphatic heterocycles. The van der Waals surface area contributed by atoms with Gasteiger partial charge in [0.1, 0.15) is 17.7 Å². The number of benzene rings is 2. The van der Waals surface area contributed by atoms with Crippen molar-refractivity contribution in [1.82, 2.24) is 29.6 Å². The van der Waals surface area contributed by atoms with Gasteiger partial charge in [0.2, 0.25) is 0 Å². The summed E-state index contributed by atoms with van der Waals surface area (Å²) in [6.07, 6.45) is 2.87. The average Bonchev–Trinajstić information content (AvgIpc) is 3.27. The van der Waals surface area contributed by atoms with E-state index in [1.54, 1.807) is 25.1 Å². The number of hydrogen-bond donors (Lipinski definition) is 3. The molecular formula is C21H14Cl3FN8O. The van der Waals surface area contributed by atoms with Gasteiger partial charge in [-0.1, -0.05) is 40.9 Å². The standard InChI is InChI=1S/C21H14Cl3FN8O/c1-9(30-19-17-18(27-7-26-17)28-8-29-19)20-31-14-4-2-3-11(22)15(14)21(34)33(20)32-16-12(23)5-10(25)6-13(16)24/h2-9,32H,1H3,(H2,26,27,28,29,30). The molecule has 3 N–H and O–H groups in total. The lowest BCUT2D eigenvalue weighted by Gasteiger charge is -2.22. The smallest absolute Gasteiger partial charge is 0.281 e. The second-order valence-corrected chi connectivity index (χ2v) is 8.51. The SMILES string of the molecule is CC(Nc1ncnc2nc[nH]c12)c1nc2cccc(Cl)c2c(=O)n1Nc1c(Cl)cc(F)cc1Cl. The molecule has 0 saturated heterocycles. The molecule has 9 nitrogen and oxygen atoms in total. The summed E-state index contributed by atoms with van der Waals surface area (Å²) >= 11 is 18.7. The first kappa shape index (κ1) is 22.3. The fourth-order valence-corrected chi connectivity index (χ4v) is 4.31. The number of H-pyrrole nitrogens is 1. The van der Waals surface area contributed by atoms with Crippen LogP contribution in [0.1, 0.15) is 18.8 Å². The Morgan fingerprint density at radius 2 is 1.85 bits per heavy atom. The largest absolute Gasteiger partial charge is 0.358 e. The molecule has 0 aliphatic carbocycles. The number of rotatable bonds is 5. The Balaban J connectivity index is 1.67. The third-order valence-electron chi connectivity index (χ3n) is 5.07. The third kappa shape index (κ3) is 3.89. The van der Waals surface area contributed by atoms with Gasteiger partial charge in [0, 0.05) is 0 Å². The maximum Gasteiger partial charge on any atom is 0.281 e. The van der Waals surface area contributed by atoms with Crippen molar-refractivity contribution < 1.29 is 4.39 Å². The zero-order valence-corrected chi connectivity index (χ0v) is 19.5. The second kappa shape index (κ2) is 8.71. The molecular weight excluding hydrogens is 506 g/mol. The van der Waals surface area contributed by atoms with E-state index < -0.39 is 17.4 Å². The maximum absolute atomic E-state index is 13.7. The van der Waals surface area contributed by atoms with Gasteiger partial charge in [-0.25, -0.2) is 29.0 Å². The number of halogens is 4. The van der Waals surface area contributed by atoms with E-state index in [1.807, 2.05) is 0 Å². The van der Waals surface area contributed by atoms with E-state index in [0.29, 0.717) is 22.5 Å². The summed E-state index contributed by atoms with van der Waals surface area (Å²) in [4.78, 5) is 33.6. The van der Waals surface area contributed by atoms with Gasteiger partial charge < -0.3 is 10.3 Å². The third-order valence-corrected chi connectivity index (χ3v) is 5.98. The van der Waals surface area contributed by atoms with Crippen LogP contribution < -0.4 is 16.3 Å². The van der Waals surface area contributed by atoms with Gasteiger partial charge >= 0.3 is 0 Å². The molecule has 0 radical (unpaired) electrons. The average molecular weight is 520 g/mol. The highest BCUT2D eigenvalue weighted by Crippen LogP contribution is 2.32. The van der Waals surface area contributed by atoms with E-state index in [-0.39, 0.29) is 32.0 Å². The number of hydrogen-bond acceptors (Lipinski definition) is 7. The zero-order chi connectivity index (χ0) is 24.0. The molecule has 172 valence electrons. The van der Waals surface area contributed by atoms with E-state index in [1.165, 1.54) is 17.3 Å². The monoisotopic (exact) mass is 518 g/mol. The van der Waals surface area contributed by atoms with Crippen molar-refractivity contribution in [2.75, 3.05) is 10.7 Å². The highest BCUT2D eigenvalue weighted by molar-refractivity contribution is 6.39. The Kier molecular flexibility index (Phi) is 5.72. The van der Waals surface area contributed by atoms with Crippen LogP contribution >= 0.6 is 34.8 Å². The van der Waals surface area contributed by atoms with Gasteiger partial charge in [-0.3, -0.25) is 10.2 Å². The van der Waals surface area contributed by atoms with Crippen LogP contribution in [0.2, 0.25) is 15.1 Å². The van der Waals surface area contributed by atoms with Gasteiger partial charge in [-0.2, -0.15) is 0 Å². The highest BCUT2D eigenvalue weighted by atomic mass is 35.5. The minimum Gasteiger partial charge on any atom is -0.358 e. The molecule has 13 heteroatoms. The molecule has 0 bridgehead atoms. The number of fused-ring (bicyclic) bond motifs is 2. The number of aromatic amines is 1. The lowest BCUT2D eigenvalue weighted by Crippen LogP contribution is -2.33. The van der Waals surface area contributed by atoms with Gasteiger partial charge in [0.05, 0.1) is 44.0 Å². The van der Waals surface area contributed by atoms with Crippen LogP contribution in [0.25, 0.3) is 22.1 Å². The highest BCUT2D eigenvalue weighted by Gasteiger charge is 2.21. The zero-order valence-electron chi connectivity index (χ0n) is 17.3. The van der Waals surface area contributed by atoms with Crippen molar-refractivity contribution in [1.29, 1.82) is 0 Å².